The van der Waals surface area contributed by atoms with E-state index in [0.717, 1.165) is 5.56 Å². The molecule has 116 valence electrons. The smallest absolute Gasteiger partial charge is 0.307 e. The van der Waals surface area contributed by atoms with Crippen molar-refractivity contribution >= 4 is 23.5 Å². The quantitative estimate of drug-likeness (QED) is 0.668. The minimum absolute atomic E-state index is 0.0327. The van der Waals surface area contributed by atoms with Crippen molar-refractivity contribution in [1.29, 1.82) is 0 Å². The van der Waals surface area contributed by atoms with Crippen LogP contribution in [0.15, 0.2) is 24.3 Å². The zero-order chi connectivity index (χ0) is 15.9. The Kier molecular flexibility index (Phi) is 5.82. The first kappa shape index (κ1) is 16.3. The Morgan fingerprint density at radius 3 is 2.86 bits per heavy atom. The third-order valence-corrected chi connectivity index (χ3v) is 3.64. The Bertz CT molecular complexity index is 604. The van der Waals surface area contributed by atoms with Crippen LogP contribution in [0.1, 0.15) is 12.0 Å². The molecule has 1 aliphatic heterocycles. The molecule has 0 unspecified atom stereocenters. The molecular formula is C16H17ClN2O3. The van der Waals surface area contributed by atoms with Crippen LogP contribution in [-0.2, 0) is 14.3 Å². The molecule has 1 aromatic carbocycles. The molecule has 1 N–H and O–H groups in total. The molecule has 0 saturated carbocycles. The van der Waals surface area contributed by atoms with E-state index in [4.69, 9.17) is 11.6 Å². The Morgan fingerprint density at radius 1 is 1.45 bits per heavy atom. The average Bonchev–Trinajstić information content (AvgIpc) is 2.52. The predicted octanol–water partition coefficient (Wildman–Crippen LogP) is 1.06. The number of carbonyl (C=O) groups is 2. The average molecular weight is 321 g/mol. The highest BCUT2D eigenvalue weighted by Crippen LogP contribution is 2.10. The molecule has 5 nitrogen and oxygen atoms in total. The first-order valence-corrected chi connectivity index (χ1v) is 7.31. The van der Waals surface area contributed by atoms with Crippen molar-refractivity contribution in [1.82, 2.24) is 10.2 Å². The van der Waals surface area contributed by atoms with Crippen LogP contribution in [0.3, 0.4) is 0 Å². The van der Waals surface area contributed by atoms with E-state index in [0.29, 0.717) is 24.7 Å². The van der Waals surface area contributed by atoms with Crippen molar-refractivity contribution in [2.75, 3.05) is 26.7 Å². The Hall–Kier alpha value is -2.03. The van der Waals surface area contributed by atoms with Crippen LogP contribution in [0.4, 0.5) is 0 Å². The normalized spacial score (nSPS) is 18.1. The first-order valence-electron chi connectivity index (χ1n) is 6.93. The van der Waals surface area contributed by atoms with Gasteiger partial charge in [0.25, 0.3) is 0 Å². The topological polar surface area (TPSA) is 58.6 Å². The molecule has 1 aliphatic rings. The van der Waals surface area contributed by atoms with Crippen molar-refractivity contribution in [2.45, 2.75) is 12.5 Å². The minimum atomic E-state index is -0.527. The molecule has 2 rings (SSSR count). The van der Waals surface area contributed by atoms with E-state index in [1.807, 2.05) is 17.0 Å². The SMILES string of the molecule is COC(=O)C[C@H]1C(=O)NCCN1CC#Cc1ccc(Cl)cc1. The van der Waals surface area contributed by atoms with Crippen LogP contribution >= 0.6 is 11.6 Å². The fourth-order valence-electron chi connectivity index (χ4n) is 2.19. The summed E-state index contributed by atoms with van der Waals surface area (Å²) in [6.45, 7) is 1.62. The van der Waals surface area contributed by atoms with Gasteiger partial charge in [-0.15, -0.1) is 0 Å². The van der Waals surface area contributed by atoms with E-state index in [2.05, 4.69) is 21.9 Å². The number of nitrogens with one attached hydrogen (secondary N) is 1. The lowest BCUT2D eigenvalue weighted by Crippen LogP contribution is -2.55. The monoisotopic (exact) mass is 320 g/mol. The fourth-order valence-corrected chi connectivity index (χ4v) is 2.32. The number of piperazine rings is 1. The van der Waals surface area contributed by atoms with Gasteiger partial charge >= 0.3 is 5.97 Å². The minimum Gasteiger partial charge on any atom is -0.469 e. The molecule has 1 atom stereocenters. The number of halogens is 1. The highest BCUT2D eigenvalue weighted by molar-refractivity contribution is 6.30. The Morgan fingerprint density at radius 2 is 2.18 bits per heavy atom. The maximum atomic E-state index is 11.9. The van der Waals surface area contributed by atoms with Gasteiger partial charge in [0.2, 0.25) is 5.91 Å². The molecule has 1 aromatic rings. The molecule has 0 aliphatic carbocycles. The molecule has 6 heteroatoms. The van der Waals surface area contributed by atoms with Crippen LogP contribution in [0, 0.1) is 11.8 Å². The summed E-state index contributed by atoms with van der Waals surface area (Å²) >= 11 is 5.82. The van der Waals surface area contributed by atoms with Gasteiger partial charge in [-0.25, -0.2) is 0 Å². The molecule has 0 spiro atoms. The van der Waals surface area contributed by atoms with E-state index in [1.165, 1.54) is 7.11 Å². The third-order valence-electron chi connectivity index (χ3n) is 3.39. The second-order valence-electron chi connectivity index (χ2n) is 4.87. The van der Waals surface area contributed by atoms with Gasteiger partial charge in [0, 0.05) is 23.7 Å². The lowest BCUT2D eigenvalue weighted by Gasteiger charge is -2.32. The number of methoxy groups -OCH3 is 1. The number of rotatable bonds is 3. The summed E-state index contributed by atoms with van der Waals surface area (Å²) in [6, 6.07) is 6.70. The summed E-state index contributed by atoms with van der Waals surface area (Å²) in [6.07, 6.45) is 0.0327. The molecule has 22 heavy (non-hydrogen) atoms. The van der Waals surface area contributed by atoms with Crippen LogP contribution in [0.25, 0.3) is 0 Å². The van der Waals surface area contributed by atoms with E-state index in [-0.39, 0.29) is 12.3 Å². The number of carbonyl (C=O) groups excluding carboxylic acids is 2. The third kappa shape index (κ3) is 4.48. The summed E-state index contributed by atoms with van der Waals surface area (Å²) in [7, 11) is 1.31. The molecule has 0 aromatic heterocycles. The summed E-state index contributed by atoms with van der Waals surface area (Å²) in [4.78, 5) is 25.2. The summed E-state index contributed by atoms with van der Waals surface area (Å²) in [5.74, 6) is 5.49. The molecule has 1 saturated heterocycles. The Balaban J connectivity index is 2.01. The standard InChI is InChI=1S/C16H17ClN2O3/c1-22-15(20)11-14-16(21)18-8-10-19(14)9-2-3-12-4-6-13(17)7-5-12/h4-7,14H,8-11H2,1H3,(H,18,21)/t14-/m0/s1. The van der Waals surface area contributed by atoms with Crippen molar-refractivity contribution in [3.05, 3.63) is 34.9 Å². The first-order chi connectivity index (χ1) is 10.6. The number of nitrogens with zero attached hydrogens (tertiary/aromatic N) is 1. The molecule has 1 heterocycles. The number of esters is 1. The van der Waals surface area contributed by atoms with Crippen LogP contribution in [0.5, 0.6) is 0 Å². The Labute approximate surface area is 134 Å². The van der Waals surface area contributed by atoms with Gasteiger partial charge in [-0.1, -0.05) is 23.4 Å². The summed E-state index contributed by atoms with van der Waals surface area (Å²) < 4.78 is 4.64. The highest BCUT2D eigenvalue weighted by atomic mass is 35.5. The van der Waals surface area contributed by atoms with Crippen LogP contribution in [-0.4, -0.2) is 49.6 Å². The summed E-state index contributed by atoms with van der Waals surface area (Å²) in [5.41, 5.74) is 0.857. The zero-order valence-electron chi connectivity index (χ0n) is 12.3. The molecule has 0 radical (unpaired) electrons. The lowest BCUT2D eigenvalue weighted by atomic mass is 10.1. The number of hydrogen-bond acceptors (Lipinski definition) is 4. The fraction of sp³-hybridized carbons (Fsp3) is 0.375. The maximum Gasteiger partial charge on any atom is 0.307 e. The number of benzene rings is 1. The number of ether oxygens (including phenoxy) is 1. The second kappa shape index (κ2) is 7.83. The van der Waals surface area contributed by atoms with E-state index in [9.17, 15) is 9.59 Å². The van der Waals surface area contributed by atoms with Crippen molar-refractivity contribution in [3.63, 3.8) is 0 Å². The van der Waals surface area contributed by atoms with E-state index in [1.54, 1.807) is 12.1 Å². The van der Waals surface area contributed by atoms with E-state index >= 15 is 0 Å². The zero-order valence-corrected chi connectivity index (χ0v) is 13.0. The largest absolute Gasteiger partial charge is 0.469 e. The van der Waals surface area contributed by atoms with Crippen LogP contribution < -0.4 is 5.32 Å². The summed E-state index contributed by atoms with van der Waals surface area (Å²) in [5, 5.41) is 3.42. The second-order valence-corrected chi connectivity index (χ2v) is 5.30. The van der Waals surface area contributed by atoms with E-state index < -0.39 is 12.0 Å². The van der Waals surface area contributed by atoms with Crippen molar-refractivity contribution < 1.29 is 14.3 Å². The molecule has 0 bridgehead atoms. The van der Waals surface area contributed by atoms with Gasteiger partial charge in [0.05, 0.1) is 20.1 Å². The van der Waals surface area contributed by atoms with Crippen molar-refractivity contribution in [3.8, 4) is 11.8 Å². The maximum absolute atomic E-state index is 11.9. The van der Waals surface area contributed by atoms with Gasteiger partial charge in [0.15, 0.2) is 0 Å². The molecule has 1 fully saturated rings. The molecular weight excluding hydrogens is 304 g/mol. The molecule has 1 amide bonds. The predicted molar refractivity (Wildman–Crippen MR) is 83.3 cm³/mol. The highest BCUT2D eigenvalue weighted by Gasteiger charge is 2.31. The van der Waals surface area contributed by atoms with Crippen molar-refractivity contribution in [2.24, 2.45) is 0 Å². The number of hydrogen-bond donors (Lipinski definition) is 1. The van der Waals surface area contributed by atoms with Gasteiger partial charge in [-0.2, -0.15) is 0 Å². The lowest BCUT2D eigenvalue weighted by molar-refractivity contribution is -0.145. The number of amides is 1. The van der Waals surface area contributed by atoms with Gasteiger partial charge < -0.3 is 10.1 Å². The van der Waals surface area contributed by atoms with Gasteiger partial charge in [-0.3, -0.25) is 14.5 Å². The van der Waals surface area contributed by atoms with Crippen LogP contribution in [0.2, 0.25) is 5.02 Å². The van der Waals surface area contributed by atoms with Gasteiger partial charge in [-0.05, 0) is 24.3 Å². The van der Waals surface area contributed by atoms with Gasteiger partial charge in [0.1, 0.15) is 6.04 Å².